The first kappa shape index (κ1) is 13.3. The minimum atomic E-state index is -0.0508. The number of aromatic nitrogens is 2. The van der Waals surface area contributed by atoms with Gasteiger partial charge in [-0.3, -0.25) is 9.48 Å². The number of nitrogens with two attached hydrogens (primary N) is 1. The molecule has 1 amide bonds. The number of hydrogen-bond acceptors (Lipinski definition) is 4. The Labute approximate surface area is 102 Å². The highest BCUT2D eigenvalue weighted by Crippen LogP contribution is 2.22. The SMILES string of the molecule is CCCc1nn(C)c(NCC(=O)NCC)c1N. The number of nitrogens with zero attached hydrogens (tertiary/aromatic N) is 2. The molecule has 6 nitrogen and oxygen atoms in total. The van der Waals surface area contributed by atoms with E-state index in [9.17, 15) is 4.79 Å². The average Bonchev–Trinajstić information content (AvgIpc) is 2.53. The molecule has 0 saturated heterocycles. The van der Waals surface area contributed by atoms with Crippen molar-refractivity contribution in [3.8, 4) is 0 Å². The highest BCUT2D eigenvalue weighted by atomic mass is 16.1. The number of hydrogen-bond donors (Lipinski definition) is 3. The second-order valence-electron chi connectivity index (χ2n) is 3.89. The van der Waals surface area contributed by atoms with Gasteiger partial charge >= 0.3 is 0 Å². The van der Waals surface area contributed by atoms with Gasteiger partial charge in [-0.25, -0.2) is 0 Å². The van der Waals surface area contributed by atoms with Crippen molar-refractivity contribution < 1.29 is 4.79 Å². The van der Waals surface area contributed by atoms with Gasteiger partial charge in [0.1, 0.15) is 5.82 Å². The van der Waals surface area contributed by atoms with Gasteiger partial charge in [0.15, 0.2) is 0 Å². The summed E-state index contributed by atoms with van der Waals surface area (Å²) in [6.45, 7) is 4.80. The number of aryl methyl sites for hydroxylation is 2. The monoisotopic (exact) mass is 239 g/mol. The molecular weight excluding hydrogens is 218 g/mol. The van der Waals surface area contributed by atoms with Gasteiger partial charge in [-0.05, 0) is 13.3 Å². The predicted octanol–water partition coefficient (Wildman–Crippen LogP) is 0.503. The third-order valence-corrected chi connectivity index (χ3v) is 2.44. The van der Waals surface area contributed by atoms with Crippen molar-refractivity contribution in [2.45, 2.75) is 26.7 Å². The fraction of sp³-hybridized carbons (Fsp3) is 0.636. The summed E-state index contributed by atoms with van der Waals surface area (Å²) < 4.78 is 1.68. The zero-order chi connectivity index (χ0) is 12.8. The van der Waals surface area contributed by atoms with Gasteiger partial charge in [0.05, 0.1) is 17.9 Å². The summed E-state index contributed by atoms with van der Waals surface area (Å²) in [4.78, 5) is 11.3. The number of carbonyl (C=O) groups is 1. The number of nitrogen functional groups attached to an aromatic ring is 1. The lowest BCUT2D eigenvalue weighted by molar-refractivity contribution is -0.119. The highest BCUT2D eigenvalue weighted by molar-refractivity contribution is 5.81. The highest BCUT2D eigenvalue weighted by Gasteiger charge is 2.12. The van der Waals surface area contributed by atoms with Gasteiger partial charge in [-0.15, -0.1) is 0 Å². The number of nitrogens with one attached hydrogen (secondary N) is 2. The molecule has 0 aliphatic rings. The summed E-state index contributed by atoms with van der Waals surface area (Å²) in [5, 5.41) is 10.0. The smallest absolute Gasteiger partial charge is 0.239 e. The van der Waals surface area contributed by atoms with E-state index in [0.29, 0.717) is 18.1 Å². The van der Waals surface area contributed by atoms with Crippen molar-refractivity contribution in [3.63, 3.8) is 0 Å². The van der Waals surface area contributed by atoms with E-state index >= 15 is 0 Å². The topological polar surface area (TPSA) is 85.0 Å². The van der Waals surface area contributed by atoms with Gasteiger partial charge in [-0.1, -0.05) is 13.3 Å². The van der Waals surface area contributed by atoms with Crippen LogP contribution in [-0.4, -0.2) is 28.8 Å². The fourth-order valence-corrected chi connectivity index (χ4v) is 1.65. The number of anilines is 2. The van der Waals surface area contributed by atoms with Crippen molar-refractivity contribution in [1.29, 1.82) is 0 Å². The number of likely N-dealkylation sites (N-methyl/N-ethyl adjacent to an activating group) is 1. The molecule has 1 aromatic heterocycles. The lowest BCUT2D eigenvalue weighted by Gasteiger charge is -2.07. The van der Waals surface area contributed by atoms with Gasteiger partial charge in [0.25, 0.3) is 0 Å². The average molecular weight is 239 g/mol. The van der Waals surface area contributed by atoms with Crippen LogP contribution in [0.2, 0.25) is 0 Å². The van der Waals surface area contributed by atoms with E-state index in [0.717, 1.165) is 18.5 Å². The Bertz CT molecular complexity index is 385. The molecule has 1 aromatic rings. The summed E-state index contributed by atoms with van der Waals surface area (Å²) in [5.41, 5.74) is 7.49. The first-order valence-electron chi connectivity index (χ1n) is 5.92. The van der Waals surface area contributed by atoms with Crippen LogP contribution in [0.4, 0.5) is 11.5 Å². The van der Waals surface area contributed by atoms with Gasteiger partial charge < -0.3 is 16.4 Å². The van der Waals surface area contributed by atoms with Crippen LogP contribution < -0.4 is 16.4 Å². The van der Waals surface area contributed by atoms with Gasteiger partial charge in [0.2, 0.25) is 5.91 Å². The molecule has 4 N–H and O–H groups in total. The van der Waals surface area contributed by atoms with E-state index in [-0.39, 0.29) is 12.5 Å². The van der Waals surface area contributed by atoms with E-state index < -0.39 is 0 Å². The molecule has 0 saturated carbocycles. The van der Waals surface area contributed by atoms with Crippen LogP contribution in [0.5, 0.6) is 0 Å². The van der Waals surface area contributed by atoms with E-state index in [1.54, 1.807) is 4.68 Å². The van der Waals surface area contributed by atoms with Crippen molar-refractivity contribution in [2.24, 2.45) is 7.05 Å². The molecule has 0 spiro atoms. The molecule has 0 fully saturated rings. The molecule has 17 heavy (non-hydrogen) atoms. The maximum Gasteiger partial charge on any atom is 0.239 e. The van der Waals surface area contributed by atoms with Crippen molar-refractivity contribution in [1.82, 2.24) is 15.1 Å². The molecule has 0 bridgehead atoms. The van der Waals surface area contributed by atoms with Crippen LogP contribution >= 0.6 is 0 Å². The molecule has 96 valence electrons. The number of carbonyl (C=O) groups excluding carboxylic acids is 1. The fourth-order valence-electron chi connectivity index (χ4n) is 1.65. The molecule has 0 radical (unpaired) electrons. The van der Waals surface area contributed by atoms with Crippen molar-refractivity contribution in [2.75, 3.05) is 24.1 Å². The maximum atomic E-state index is 11.3. The Morgan fingerprint density at radius 3 is 2.76 bits per heavy atom. The Balaban J connectivity index is 2.67. The Morgan fingerprint density at radius 2 is 2.18 bits per heavy atom. The molecule has 0 atom stereocenters. The van der Waals surface area contributed by atoms with Crippen LogP contribution in [-0.2, 0) is 18.3 Å². The van der Waals surface area contributed by atoms with Gasteiger partial charge in [-0.2, -0.15) is 5.10 Å². The molecule has 1 heterocycles. The normalized spacial score (nSPS) is 10.3. The number of amides is 1. The van der Waals surface area contributed by atoms with Gasteiger partial charge in [0, 0.05) is 13.6 Å². The lowest BCUT2D eigenvalue weighted by atomic mass is 10.2. The zero-order valence-corrected chi connectivity index (χ0v) is 10.7. The summed E-state index contributed by atoms with van der Waals surface area (Å²) in [6.07, 6.45) is 1.85. The molecule has 0 unspecified atom stereocenters. The molecule has 0 aliphatic carbocycles. The number of rotatable bonds is 6. The van der Waals surface area contributed by atoms with Crippen LogP contribution in [0.3, 0.4) is 0 Å². The minimum Gasteiger partial charge on any atom is -0.394 e. The molecule has 0 aliphatic heterocycles. The summed E-state index contributed by atoms with van der Waals surface area (Å²) >= 11 is 0. The standard InChI is InChI=1S/C11H21N5O/c1-4-6-8-10(12)11(16(3)15-8)14-7-9(17)13-5-2/h14H,4-7,12H2,1-3H3,(H,13,17). The molecule has 6 heteroatoms. The van der Waals surface area contributed by atoms with Crippen LogP contribution in [0.1, 0.15) is 26.0 Å². The first-order chi connectivity index (χ1) is 8.10. The maximum absolute atomic E-state index is 11.3. The van der Waals surface area contributed by atoms with E-state index in [1.165, 1.54) is 0 Å². The second kappa shape index (κ2) is 6.12. The Kier molecular flexibility index (Phi) is 4.81. The first-order valence-corrected chi connectivity index (χ1v) is 5.92. The van der Waals surface area contributed by atoms with Crippen LogP contribution in [0.25, 0.3) is 0 Å². The third-order valence-electron chi connectivity index (χ3n) is 2.44. The second-order valence-corrected chi connectivity index (χ2v) is 3.89. The summed E-state index contributed by atoms with van der Waals surface area (Å²) in [6, 6.07) is 0. The van der Waals surface area contributed by atoms with E-state index in [4.69, 9.17) is 5.73 Å². The zero-order valence-electron chi connectivity index (χ0n) is 10.7. The van der Waals surface area contributed by atoms with E-state index in [2.05, 4.69) is 22.7 Å². The summed E-state index contributed by atoms with van der Waals surface area (Å²) in [5.74, 6) is 0.657. The Morgan fingerprint density at radius 1 is 1.47 bits per heavy atom. The van der Waals surface area contributed by atoms with Crippen molar-refractivity contribution >= 4 is 17.4 Å². The molecule has 0 aromatic carbocycles. The quantitative estimate of drug-likeness (QED) is 0.675. The van der Waals surface area contributed by atoms with E-state index in [1.807, 2.05) is 14.0 Å². The molecular formula is C11H21N5O. The third kappa shape index (κ3) is 3.37. The predicted molar refractivity (Wildman–Crippen MR) is 68.8 cm³/mol. The summed E-state index contributed by atoms with van der Waals surface area (Å²) in [7, 11) is 1.82. The largest absolute Gasteiger partial charge is 0.394 e. The van der Waals surface area contributed by atoms with Crippen molar-refractivity contribution in [3.05, 3.63) is 5.69 Å². The minimum absolute atomic E-state index is 0.0508. The Hall–Kier alpha value is -1.72. The van der Waals surface area contributed by atoms with Crippen LogP contribution in [0.15, 0.2) is 0 Å². The van der Waals surface area contributed by atoms with Crippen LogP contribution in [0, 0.1) is 0 Å². The lowest BCUT2D eigenvalue weighted by Crippen LogP contribution is -2.30. The molecule has 1 rings (SSSR count).